The van der Waals surface area contributed by atoms with Gasteiger partial charge in [0.2, 0.25) is 0 Å². The topological polar surface area (TPSA) is 76.8 Å². The lowest BCUT2D eigenvalue weighted by Crippen LogP contribution is -2.29. The first kappa shape index (κ1) is 25.3. The van der Waals surface area contributed by atoms with Gasteiger partial charge in [-0.15, -0.1) is 0 Å². The molecule has 0 amide bonds. The highest BCUT2D eigenvalue weighted by Gasteiger charge is 2.42. The standard InChI is InChI=1S/C32H25N3O4S/c1-37-31(36)25-12-6-5-11-24(25)27-18-19-28(39-27)30-29(26-13-7-8-20-33-26)34-32(40)35(30)21-14-16-23(17-15-21)38-22-9-3-2-4-10-22/h2-20,29-30H,1H3,(H,34,40)/t29-,30+/m1/s1. The number of anilines is 1. The molecule has 6 rings (SSSR count). The van der Waals surface area contributed by atoms with Crippen LogP contribution in [0.2, 0.25) is 0 Å². The van der Waals surface area contributed by atoms with Crippen LogP contribution >= 0.6 is 12.2 Å². The minimum atomic E-state index is -0.428. The second kappa shape index (κ2) is 11.0. The molecule has 1 saturated heterocycles. The highest BCUT2D eigenvalue weighted by atomic mass is 32.1. The number of methoxy groups -OCH3 is 1. The van der Waals surface area contributed by atoms with Crippen molar-refractivity contribution >= 4 is 29.0 Å². The van der Waals surface area contributed by atoms with E-state index < -0.39 is 5.97 Å². The summed E-state index contributed by atoms with van der Waals surface area (Å²) in [5.41, 5.74) is 2.78. The molecule has 1 aliphatic heterocycles. The third-order valence-corrected chi connectivity index (χ3v) is 7.02. The highest BCUT2D eigenvalue weighted by molar-refractivity contribution is 7.80. The molecule has 3 heterocycles. The van der Waals surface area contributed by atoms with E-state index in [-0.39, 0.29) is 12.1 Å². The molecule has 0 radical (unpaired) electrons. The van der Waals surface area contributed by atoms with Crippen LogP contribution < -0.4 is 15.0 Å². The van der Waals surface area contributed by atoms with Gasteiger partial charge < -0.3 is 24.1 Å². The Morgan fingerprint density at radius 2 is 1.60 bits per heavy atom. The number of furan rings is 1. The van der Waals surface area contributed by atoms with Gasteiger partial charge in [-0.1, -0.05) is 42.5 Å². The summed E-state index contributed by atoms with van der Waals surface area (Å²) < 4.78 is 17.4. The van der Waals surface area contributed by atoms with Crippen LogP contribution in [0.1, 0.15) is 33.9 Å². The van der Waals surface area contributed by atoms with E-state index in [9.17, 15) is 4.79 Å². The minimum absolute atomic E-state index is 0.274. The number of nitrogens with zero attached hydrogens (tertiary/aromatic N) is 2. The molecule has 2 atom stereocenters. The van der Waals surface area contributed by atoms with E-state index in [4.69, 9.17) is 26.1 Å². The summed E-state index contributed by atoms with van der Waals surface area (Å²) in [5.74, 6) is 2.27. The fourth-order valence-corrected chi connectivity index (χ4v) is 5.21. The second-order valence-corrected chi connectivity index (χ2v) is 9.53. The summed E-state index contributed by atoms with van der Waals surface area (Å²) in [5, 5.41) is 3.99. The van der Waals surface area contributed by atoms with Gasteiger partial charge in [-0.05, 0) is 78.9 Å². The van der Waals surface area contributed by atoms with Crippen molar-refractivity contribution in [3.05, 3.63) is 132 Å². The van der Waals surface area contributed by atoms with E-state index in [2.05, 4.69) is 10.3 Å². The first-order valence-corrected chi connectivity index (χ1v) is 13.1. The van der Waals surface area contributed by atoms with Gasteiger partial charge in [0.25, 0.3) is 0 Å². The van der Waals surface area contributed by atoms with Crippen LogP contribution in [-0.4, -0.2) is 23.2 Å². The number of carbonyl (C=O) groups is 1. The molecule has 1 N–H and O–H groups in total. The van der Waals surface area contributed by atoms with Crippen molar-refractivity contribution in [1.82, 2.24) is 10.3 Å². The number of para-hydroxylation sites is 1. The quantitative estimate of drug-likeness (QED) is 0.171. The van der Waals surface area contributed by atoms with Crippen molar-refractivity contribution in [3.8, 4) is 22.8 Å². The molecule has 0 aliphatic carbocycles. The smallest absolute Gasteiger partial charge is 0.338 e. The maximum atomic E-state index is 12.4. The maximum Gasteiger partial charge on any atom is 0.338 e. The summed E-state index contributed by atoms with van der Waals surface area (Å²) in [4.78, 5) is 19.0. The largest absolute Gasteiger partial charge is 0.465 e. The Hall–Kier alpha value is -4.95. The van der Waals surface area contributed by atoms with Gasteiger partial charge in [0, 0.05) is 17.4 Å². The van der Waals surface area contributed by atoms with Crippen molar-refractivity contribution in [1.29, 1.82) is 0 Å². The molecular formula is C32H25N3O4S. The number of aromatic nitrogens is 1. The molecule has 1 fully saturated rings. The first-order valence-electron chi connectivity index (χ1n) is 12.7. The average Bonchev–Trinajstić information content (AvgIpc) is 3.63. The number of hydrogen-bond donors (Lipinski definition) is 1. The number of thiocarbonyl (C=S) groups is 1. The van der Waals surface area contributed by atoms with Gasteiger partial charge in [-0.3, -0.25) is 4.98 Å². The van der Waals surface area contributed by atoms with Crippen LogP contribution in [0.5, 0.6) is 11.5 Å². The molecule has 3 aromatic carbocycles. The Bertz CT molecular complexity index is 1640. The van der Waals surface area contributed by atoms with E-state index >= 15 is 0 Å². The van der Waals surface area contributed by atoms with E-state index in [1.54, 1.807) is 18.3 Å². The summed E-state index contributed by atoms with van der Waals surface area (Å²) in [6.07, 6.45) is 1.76. The summed E-state index contributed by atoms with van der Waals surface area (Å²) in [6, 6.07) is 33.6. The monoisotopic (exact) mass is 547 g/mol. The zero-order valence-corrected chi connectivity index (χ0v) is 22.4. The van der Waals surface area contributed by atoms with Gasteiger partial charge in [-0.25, -0.2) is 4.79 Å². The molecule has 8 heteroatoms. The third-order valence-electron chi connectivity index (χ3n) is 6.71. The molecule has 5 aromatic rings. The fraction of sp³-hybridized carbons (Fsp3) is 0.0938. The molecule has 0 spiro atoms. The fourth-order valence-electron chi connectivity index (χ4n) is 4.86. The molecule has 198 valence electrons. The van der Waals surface area contributed by atoms with Crippen molar-refractivity contribution < 1.29 is 18.7 Å². The molecule has 40 heavy (non-hydrogen) atoms. The molecule has 0 unspecified atom stereocenters. The van der Waals surface area contributed by atoms with Crippen molar-refractivity contribution in [3.63, 3.8) is 0 Å². The van der Waals surface area contributed by atoms with Crippen molar-refractivity contribution in [2.24, 2.45) is 0 Å². The first-order chi connectivity index (χ1) is 19.6. The minimum Gasteiger partial charge on any atom is -0.465 e. The van der Waals surface area contributed by atoms with Crippen LogP contribution in [0.4, 0.5) is 5.69 Å². The normalized spacial score (nSPS) is 16.4. The number of pyridine rings is 1. The predicted octanol–water partition coefficient (Wildman–Crippen LogP) is 7.10. The number of hydrogen-bond acceptors (Lipinski definition) is 6. The molecule has 0 bridgehead atoms. The molecular weight excluding hydrogens is 522 g/mol. The lowest BCUT2D eigenvalue weighted by atomic mass is 10.0. The summed E-state index contributed by atoms with van der Waals surface area (Å²) in [6.45, 7) is 0. The third kappa shape index (κ3) is 4.92. The summed E-state index contributed by atoms with van der Waals surface area (Å²) in [7, 11) is 1.36. The van der Waals surface area contributed by atoms with Crippen molar-refractivity contribution in [2.45, 2.75) is 12.1 Å². The van der Waals surface area contributed by atoms with Crippen LogP contribution in [0, 0.1) is 0 Å². The van der Waals surface area contributed by atoms with E-state index in [1.807, 2.05) is 102 Å². The molecule has 7 nitrogen and oxygen atoms in total. The molecule has 0 saturated carbocycles. The number of esters is 1. The Balaban J connectivity index is 1.37. The van der Waals surface area contributed by atoms with E-state index in [0.29, 0.717) is 33.5 Å². The van der Waals surface area contributed by atoms with Crippen LogP contribution in [0.15, 0.2) is 120 Å². The molecule has 2 aromatic heterocycles. The average molecular weight is 548 g/mol. The number of nitrogens with one attached hydrogen (secondary N) is 1. The number of rotatable bonds is 7. The second-order valence-electron chi connectivity index (χ2n) is 9.14. The van der Waals surface area contributed by atoms with E-state index in [1.165, 1.54) is 7.11 Å². The molecule has 1 aliphatic rings. The summed E-state index contributed by atoms with van der Waals surface area (Å²) >= 11 is 5.84. The Kier molecular flexibility index (Phi) is 6.99. The lowest BCUT2D eigenvalue weighted by molar-refractivity contribution is 0.0601. The number of ether oxygens (including phenoxy) is 2. The number of carbonyl (C=O) groups excluding carboxylic acids is 1. The SMILES string of the molecule is COC(=O)c1ccccc1-c1ccc([C@H]2[C@@H](c3ccccn3)NC(=S)N2c2ccc(Oc3ccccc3)cc2)o1. The zero-order valence-electron chi connectivity index (χ0n) is 21.6. The van der Waals surface area contributed by atoms with Gasteiger partial charge in [-0.2, -0.15) is 0 Å². The Morgan fingerprint density at radius 3 is 2.35 bits per heavy atom. The van der Waals surface area contributed by atoms with E-state index in [0.717, 1.165) is 17.1 Å². The van der Waals surface area contributed by atoms with Gasteiger partial charge in [0.15, 0.2) is 5.11 Å². The number of benzene rings is 3. The van der Waals surface area contributed by atoms with Crippen LogP contribution in [0.3, 0.4) is 0 Å². The van der Waals surface area contributed by atoms with Crippen molar-refractivity contribution in [2.75, 3.05) is 12.0 Å². The Labute approximate surface area is 237 Å². The van der Waals surface area contributed by atoms with Crippen LogP contribution in [0.25, 0.3) is 11.3 Å². The maximum absolute atomic E-state index is 12.4. The van der Waals surface area contributed by atoms with Gasteiger partial charge >= 0.3 is 5.97 Å². The van der Waals surface area contributed by atoms with Crippen LogP contribution in [-0.2, 0) is 4.74 Å². The van der Waals surface area contributed by atoms with Gasteiger partial charge in [0.1, 0.15) is 29.1 Å². The zero-order chi connectivity index (χ0) is 27.5. The lowest BCUT2D eigenvalue weighted by Gasteiger charge is -2.26. The Morgan fingerprint density at radius 1 is 0.875 bits per heavy atom. The predicted molar refractivity (Wildman–Crippen MR) is 156 cm³/mol. The highest BCUT2D eigenvalue weighted by Crippen LogP contribution is 2.43. The van der Waals surface area contributed by atoms with Gasteiger partial charge in [0.05, 0.1) is 24.4 Å².